The van der Waals surface area contributed by atoms with Gasteiger partial charge in [-0.15, -0.1) is 11.8 Å². The molecule has 5 heteroatoms. The number of para-hydroxylation sites is 1. The van der Waals surface area contributed by atoms with Gasteiger partial charge in [0.25, 0.3) is 5.91 Å². The number of hydrogen-bond donors (Lipinski definition) is 2. The average molecular weight is 313 g/mol. The van der Waals surface area contributed by atoms with E-state index in [1.165, 1.54) is 31.9 Å². The molecule has 1 heterocycles. The molecule has 2 aromatic rings. The second kappa shape index (κ2) is 6.83. The van der Waals surface area contributed by atoms with Gasteiger partial charge in [0.2, 0.25) is 0 Å². The second-order valence-electron chi connectivity index (χ2n) is 5.45. The van der Waals surface area contributed by atoms with Gasteiger partial charge in [-0.05, 0) is 37.1 Å². The Labute approximate surface area is 134 Å². The third kappa shape index (κ3) is 3.60. The Kier molecular flexibility index (Phi) is 4.63. The fourth-order valence-electron chi connectivity index (χ4n) is 2.58. The summed E-state index contributed by atoms with van der Waals surface area (Å²) in [7, 11) is 0. The molecule has 4 nitrogen and oxygen atoms in total. The molecule has 0 atom stereocenters. The zero-order chi connectivity index (χ0) is 15.4. The van der Waals surface area contributed by atoms with Crippen molar-refractivity contribution in [1.82, 2.24) is 4.98 Å². The molecule has 1 aliphatic rings. The van der Waals surface area contributed by atoms with E-state index in [2.05, 4.69) is 16.4 Å². The molecule has 22 heavy (non-hydrogen) atoms. The Bertz CT molecular complexity index is 651. The number of thioether (sulfide) groups is 1. The monoisotopic (exact) mass is 313 g/mol. The number of carbonyl (C=O) groups excluding carboxylic acids is 1. The highest BCUT2D eigenvalue weighted by atomic mass is 32.2. The first-order valence-electron chi connectivity index (χ1n) is 7.51. The molecule has 0 saturated heterocycles. The number of nitrogens with one attached hydrogen (secondary N) is 1. The van der Waals surface area contributed by atoms with Crippen LogP contribution < -0.4 is 11.1 Å². The average Bonchev–Trinajstić information content (AvgIpc) is 3.03. The molecule has 1 amide bonds. The van der Waals surface area contributed by atoms with Crippen molar-refractivity contribution in [1.29, 1.82) is 0 Å². The van der Waals surface area contributed by atoms with Crippen molar-refractivity contribution in [3.8, 4) is 0 Å². The van der Waals surface area contributed by atoms with Gasteiger partial charge in [0.1, 0.15) is 5.69 Å². The summed E-state index contributed by atoms with van der Waals surface area (Å²) >= 11 is 1.86. The van der Waals surface area contributed by atoms with Gasteiger partial charge in [-0.25, -0.2) is 4.98 Å². The zero-order valence-electron chi connectivity index (χ0n) is 12.3. The summed E-state index contributed by atoms with van der Waals surface area (Å²) < 4.78 is 0. The first-order chi connectivity index (χ1) is 10.7. The van der Waals surface area contributed by atoms with Crippen LogP contribution >= 0.6 is 11.8 Å². The van der Waals surface area contributed by atoms with Crippen LogP contribution in [-0.4, -0.2) is 16.1 Å². The van der Waals surface area contributed by atoms with Gasteiger partial charge >= 0.3 is 0 Å². The molecule has 114 valence electrons. The van der Waals surface area contributed by atoms with Gasteiger partial charge in [-0.2, -0.15) is 0 Å². The third-order valence-electron chi connectivity index (χ3n) is 3.75. The molecule has 1 aliphatic carbocycles. The van der Waals surface area contributed by atoms with Crippen LogP contribution in [0.15, 0.2) is 47.5 Å². The second-order valence-corrected chi connectivity index (χ2v) is 6.79. The van der Waals surface area contributed by atoms with E-state index >= 15 is 0 Å². The maximum absolute atomic E-state index is 12.3. The van der Waals surface area contributed by atoms with Crippen molar-refractivity contribution < 1.29 is 4.79 Å². The predicted molar refractivity (Wildman–Crippen MR) is 91.2 cm³/mol. The quantitative estimate of drug-likeness (QED) is 0.897. The largest absolute Gasteiger partial charge is 0.397 e. The number of aromatic nitrogens is 1. The molecule has 3 rings (SSSR count). The van der Waals surface area contributed by atoms with E-state index in [0.717, 1.165) is 10.6 Å². The SMILES string of the molecule is Nc1ccc(C(=O)Nc2ccccc2SC2CCCC2)nc1. The summed E-state index contributed by atoms with van der Waals surface area (Å²) in [5.74, 6) is -0.209. The molecular formula is C17H19N3OS. The van der Waals surface area contributed by atoms with Crippen LogP contribution in [0.4, 0.5) is 11.4 Å². The minimum Gasteiger partial charge on any atom is -0.397 e. The Balaban J connectivity index is 1.73. The Morgan fingerprint density at radius 1 is 1.18 bits per heavy atom. The van der Waals surface area contributed by atoms with Crippen molar-refractivity contribution in [2.75, 3.05) is 11.1 Å². The van der Waals surface area contributed by atoms with Gasteiger partial charge in [-0.1, -0.05) is 25.0 Å². The number of nitrogen functional groups attached to an aromatic ring is 1. The number of amides is 1. The van der Waals surface area contributed by atoms with Crippen LogP contribution in [0.25, 0.3) is 0 Å². The first kappa shape index (κ1) is 14.9. The highest BCUT2D eigenvalue weighted by Gasteiger charge is 2.18. The van der Waals surface area contributed by atoms with Crippen LogP contribution in [0, 0.1) is 0 Å². The van der Waals surface area contributed by atoms with Gasteiger partial charge in [0.15, 0.2) is 0 Å². The van der Waals surface area contributed by atoms with Gasteiger partial charge in [-0.3, -0.25) is 4.79 Å². The number of carbonyl (C=O) groups is 1. The van der Waals surface area contributed by atoms with Crippen molar-refractivity contribution in [2.45, 2.75) is 35.8 Å². The van der Waals surface area contributed by atoms with E-state index in [1.54, 1.807) is 12.1 Å². The number of hydrogen-bond acceptors (Lipinski definition) is 4. The molecule has 0 bridgehead atoms. The Morgan fingerprint density at radius 2 is 1.95 bits per heavy atom. The summed E-state index contributed by atoms with van der Waals surface area (Å²) in [5, 5.41) is 3.62. The number of pyridine rings is 1. The molecule has 1 saturated carbocycles. The summed E-state index contributed by atoms with van der Waals surface area (Å²) in [4.78, 5) is 17.5. The fourth-order valence-corrected chi connectivity index (χ4v) is 3.92. The molecule has 1 aromatic heterocycles. The van der Waals surface area contributed by atoms with E-state index in [0.29, 0.717) is 16.6 Å². The van der Waals surface area contributed by atoms with Gasteiger partial charge in [0, 0.05) is 10.1 Å². The Morgan fingerprint density at radius 3 is 2.68 bits per heavy atom. The van der Waals surface area contributed by atoms with Gasteiger partial charge in [0.05, 0.1) is 17.6 Å². The number of benzene rings is 1. The number of anilines is 2. The minimum atomic E-state index is -0.209. The maximum Gasteiger partial charge on any atom is 0.274 e. The summed E-state index contributed by atoms with van der Waals surface area (Å²) in [6.07, 6.45) is 6.62. The maximum atomic E-state index is 12.3. The van der Waals surface area contributed by atoms with Crippen molar-refractivity contribution in [3.63, 3.8) is 0 Å². The van der Waals surface area contributed by atoms with E-state index in [4.69, 9.17) is 5.73 Å². The lowest BCUT2D eigenvalue weighted by Gasteiger charge is -2.14. The molecule has 1 fully saturated rings. The molecular weight excluding hydrogens is 294 g/mol. The lowest BCUT2D eigenvalue weighted by atomic mass is 10.3. The van der Waals surface area contributed by atoms with Crippen LogP contribution in [-0.2, 0) is 0 Å². The molecule has 0 unspecified atom stereocenters. The normalized spacial score (nSPS) is 14.9. The highest BCUT2D eigenvalue weighted by Crippen LogP contribution is 2.38. The lowest BCUT2D eigenvalue weighted by Crippen LogP contribution is -2.14. The van der Waals surface area contributed by atoms with Crippen LogP contribution in [0.1, 0.15) is 36.2 Å². The number of nitrogens with zero attached hydrogens (tertiary/aromatic N) is 1. The van der Waals surface area contributed by atoms with E-state index < -0.39 is 0 Å². The van der Waals surface area contributed by atoms with Crippen molar-refractivity contribution in [2.24, 2.45) is 0 Å². The van der Waals surface area contributed by atoms with Crippen LogP contribution in [0.2, 0.25) is 0 Å². The van der Waals surface area contributed by atoms with E-state index in [1.807, 2.05) is 30.0 Å². The molecule has 0 aliphatic heterocycles. The molecule has 0 spiro atoms. The lowest BCUT2D eigenvalue weighted by molar-refractivity contribution is 0.102. The summed E-state index contributed by atoms with van der Waals surface area (Å²) in [6.45, 7) is 0. The number of nitrogens with two attached hydrogens (primary N) is 1. The summed E-state index contributed by atoms with van der Waals surface area (Å²) in [6, 6.07) is 11.3. The summed E-state index contributed by atoms with van der Waals surface area (Å²) in [5.41, 5.74) is 7.37. The number of rotatable bonds is 4. The predicted octanol–water partition coefficient (Wildman–Crippen LogP) is 3.95. The van der Waals surface area contributed by atoms with Gasteiger partial charge < -0.3 is 11.1 Å². The van der Waals surface area contributed by atoms with E-state index in [9.17, 15) is 4.79 Å². The highest BCUT2D eigenvalue weighted by molar-refractivity contribution is 8.00. The molecule has 0 radical (unpaired) electrons. The fraction of sp³-hybridized carbons (Fsp3) is 0.294. The smallest absolute Gasteiger partial charge is 0.274 e. The molecule has 1 aromatic carbocycles. The third-order valence-corrected chi connectivity index (χ3v) is 5.16. The minimum absolute atomic E-state index is 0.209. The van der Waals surface area contributed by atoms with Crippen molar-refractivity contribution >= 4 is 29.0 Å². The van der Waals surface area contributed by atoms with Crippen molar-refractivity contribution in [3.05, 3.63) is 48.3 Å². The van der Waals surface area contributed by atoms with E-state index in [-0.39, 0.29) is 5.91 Å². The molecule has 3 N–H and O–H groups in total. The topological polar surface area (TPSA) is 68.0 Å². The van der Waals surface area contributed by atoms with Crippen LogP contribution in [0.3, 0.4) is 0 Å². The first-order valence-corrected chi connectivity index (χ1v) is 8.39. The van der Waals surface area contributed by atoms with Crippen LogP contribution in [0.5, 0.6) is 0 Å². The zero-order valence-corrected chi connectivity index (χ0v) is 13.1. The standard InChI is InChI=1S/C17H19N3OS/c18-12-9-10-15(19-11-12)17(21)20-14-7-3-4-8-16(14)22-13-5-1-2-6-13/h3-4,7-11,13H,1-2,5-6,18H2,(H,20,21). The Hall–Kier alpha value is -2.01.